The summed E-state index contributed by atoms with van der Waals surface area (Å²) in [6.07, 6.45) is 1.77. The van der Waals surface area contributed by atoms with Crippen molar-refractivity contribution in [1.82, 2.24) is 16.0 Å². The Balaban J connectivity index is 0.00000385. The van der Waals surface area contributed by atoms with Gasteiger partial charge in [-0.05, 0) is 18.4 Å². The summed E-state index contributed by atoms with van der Waals surface area (Å²) in [5.41, 5.74) is 2.27. The van der Waals surface area contributed by atoms with Gasteiger partial charge < -0.3 is 30.3 Å². The Labute approximate surface area is 213 Å². The minimum atomic E-state index is -0.0552. The molecule has 180 valence electrons. The fourth-order valence-corrected chi connectivity index (χ4v) is 3.69. The van der Waals surface area contributed by atoms with Gasteiger partial charge in [0, 0.05) is 56.6 Å². The Kier molecular flexibility index (Phi) is 11.1. The van der Waals surface area contributed by atoms with Gasteiger partial charge >= 0.3 is 0 Å². The number of amides is 1. The number of carbonyl (C=O) groups excluding carboxylic acids is 1. The van der Waals surface area contributed by atoms with E-state index in [0.717, 1.165) is 43.1 Å². The number of hydrogen-bond acceptors (Lipinski definition) is 5. The molecule has 9 heteroatoms. The van der Waals surface area contributed by atoms with Crippen molar-refractivity contribution in [2.75, 3.05) is 52.3 Å². The summed E-state index contributed by atoms with van der Waals surface area (Å²) in [5.74, 6) is 2.11. The summed E-state index contributed by atoms with van der Waals surface area (Å²) in [6.45, 7) is 2.52. The van der Waals surface area contributed by atoms with Crippen LogP contribution in [0.15, 0.2) is 53.5 Å². The molecule has 8 nitrogen and oxygen atoms in total. The third kappa shape index (κ3) is 8.30. The van der Waals surface area contributed by atoms with Crippen LogP contribution in [0.1, 0.15) is 12.0 Å². The molecule has 0 aromatic heterocycles. The molecule has 1 unspecified atom stereocenters. The van der Waals surface area contributed by atoms with Crippen molar-refractivity contribution in [1.29, 1.82) is 0 Å². The fraction of sp³-hybridized carbons (Fsp3) is 0.417. The predicted octanol–water partition coefficient (Wildman–Crippen LogP) is 2.42. The SMILES string of the molecule is CN=C(NCC(=O)NCCc1ccccc1)NC1CCN(c2cc(OC)cc(OC)c2)C1.I. The number of nitrogens with zero attached hydrogens (tertiary/aromatic N) is 2. The molecule has 0 spiro atoms. The first-order valence-corrected chi connectivity index (χ1v) is 10.9. The van der Waals surface area contributed by atoms with Crippen molar-refractivity contribution < 1.29 is 14.3 Å². The lowest BCUT2D eigenvalue weighted by Gasteiger charge is -2.21. The van der Waals surface area contributed by atoms with Crippen molar-refractivity contribution >= 4 is 41.5 Å². The lowest BCUT2D eigenvalue weighted by atomic mass is 10.1. The van der Waals surface area contributed by atoms with E-state index in [0.29, 0.717) is 12.5 Å². The van der Waals surface area contributed by atoms with Crippen LogP contribution in [0.25, 0.3) is 0 Å². The summed E-state index contributed by atoms with van der Waals surface area (Å²) in [6, 6.07) is 16.2. The largest absolute Gasteiger partial charge is 0.497 e. The van der Waals surface area contributed by atoms with Crippen LogP contribution in [-0.2, 0) is 11.2 Å². The van der Waals surface area contributed by atoms with Gasteiger partial charge in [-0.3, -0.25) is 9.79 Å². The molecule has 0 aliphatic carbocycles. The maximum atomic E-state index is 12.2. The number of benzene rings is 2. The van der Waals surface area contributed by atoms with Crippen LogP contribution in [0.2, 0.25) is 0 Å². The van der Waals surface area contributed by atoms with Gasteiger partial charge in [-0.15, -0.1) is 24.0 Å². The van der Waals surface area contributed by atoms with Gasteiger partial charge in [0.1, 0.15) is 11.5 Å². The van der Waals surface area contributed by atoms with E-state index in [1.165, 1.54) is 5.56 Å². The Hall–Kier alpha value is -2.69. The number of hydrogen-bond donors (Lipinski definition) is 3. The summed E-state index contributed by atoms with van der Waals surface area (Å²) in [5, 5.41) is 9.46. The average Bonchev–Trinajstić information content (AvgIpc) is 3.30. The van der Waals surface area contributed by atoms with Crippen LogP contribution in [0.3, 0.4) is 0 Å². The maximum Gasteiger partial charge on any atom is 0.239 e. The molecule has 1 aliphatic rings. The van der Waals surface area contributed by atoms with E-state index in [9.17, 15) is 4.79 Å². The first-order valence-electron chi connectivity index (χ1n) is 10.9. The Morgan fingerprint density at radius 2 is 1.79 bits per heavy atom. The second-order valence-electron chi connectivity index (χ2n) is 7.66. The summed E-state index contributed by atoms with van der Waals surface area (Å²) < 4.78 is 10.8. The molecule has 33 heavy (non-hydrogen) atoms. The Bertz CT molecular complexity index is 888. The van der Waals surface area contributed by atoms with Crippen molar-refractivity contribution in [2.45, 2.75) is 18.9 Å². The molecule has 1 fully saturated rings. The van der Waals surface area contributed by atoms with Gasteiger partial charge in [0.15, 0.2) is 5.96 Å². The number of methoxy groups -OCH3 is 2. The molecule has 0 radical (unpaired) electrons. The third-order valence-electron chi connectivity index (χ3n) is 5.45. The van der Waals surface area contributed by atoms with Crippen LogP contribution in [0.4, 0.5) is 5.69 Å². The first kappa shape index (κ1) is 26.6. The van der Waals surface area contributed by atoms with E-state index in [2.05, 4.69) is 38.0 Å². The molecule has 0 bridgehead atoms. The second kappa shape index (κ2) is 13.8. The molecule has 3 rings (SSSR count). The van der Waals surface area contributed by atoms with Gasteiger partial charge in [0.2, 0.25) is 5.91 Å². The second-order valence-corrected chi connectivity index (χ2v) is 7.66. The minimum Gasteiger partial charge on any atom is -0.497 e. The zero-order valence-electron chi connectivity index (χ0n) is 19.5. The third-order valence-corrected chi connectivity index (χ3v) is 5.45. The normalized spacial score (nSPS) is 15.4. The molecule has 1 aliphatic heterocycles. The standard InChI is InChI=1S/C24H33N5O3.HI/c1-25-24(27-16-23(30)26-11-9-18-7-5-4-6-8-18)28-19-10-12-29(17-19)20-13-21(31-2)15-22(14-20)32-3;/h4-8,13-15,19H,9-12,16-17H2,1-3H3,(H,26,30)(H2,25,27,28);1H. The zero-order valence-corrected chi connectivity index (χ0v) is 21.8. The maximum absolute atomic E-state index is 12.2. The van der Waals surface area contributed by atoms with Gasteiger partial charge in [0.05, 0.1) is 20.8 Å². The van der Waals surface area contributed by atoms with Gasteiger partial charge in [0.25, 0.3) is 0 Å². The molecule has 0 saturated carbocycles. The molecule has 2 aromatic rings. The number of guanidine groups is 1. The highest BCUT2D eigenvalue weighted by atomic mass is 127. The molecule has 1 saturated heterocycles. The van der Waals surface area contributed by atoms with Crippen LogP contribution >= 0.6 is 24.0 Å². The highest BCUT2D eigenvalue weighted by Gasteiger charge is 2.24. The number of aliphatic imine (C=N–C) groups is 1. The molecule has 1 amide bonds. The molecule has 2 aromatic carbocycles. The van der Waals surface area contributed by atoms with E-state index in [1.807, 2.05) is 36.4 Å². The molecular formula is C24H34IN5O3. The van der Waals surface area contributed by atoms with Gasteiger partial charge in [-0.25, -0.2) is 0 Å². The lowest BCUT2D eigenvalue weighted by Crippen LogP contribution is -2.47. The fourth-order valence-electron chi connectivity index (χ4n) is 3.69. The molecular weight excluding hydrogens is 533 g/mol. The van der Waals surface area contributed by atoms with E-state index in [-0.39, 0.29) is 42.5 Å². The van der Waals surface area contributed by atoms with Gasteiger partial charge in [-0.2, -0.15) is 0 Å². The molecule has 3 N–H and O–H groups in total. The highest BCUT2D eigenvalue weighted by molar-refractivity contribution is 14.0. The number of rotatable bonds is 9. The first-order chi connectivity index (χ1) is 15.6. The number of carbonyl (C=O) groups is 1. The average molecular weight is 567 g/mol. The number of anilines is 1. The summed E-state index contributed by atoms with van der Waals surface area (Å²) in [7, 11) is 5.02. The Morgan fingerprint density at radius 1 is 1.09 bits per heavy atom. The van der Waals surface area contributed by atoms with Crippen molar-refractivity contribution in [2.24, 2.45) is 4.99 Å². The minimum absolute atomic E-state index is 0. The van der Waals surface area contributed by atoms with E-state index < -0.39 is 0 Å². The highest BCUT2D eigenvalue weighted by Crippen LogP contribution is 2.30. The molecule has 1 atom stereocenters. The molecule has 1 heterocycles. The number of halogens is 1. The van der Waals surface area contributed by atoms with E-state index in [4.69, 9.17) is 9.47 Å². The monoisotopic (exact) mass is 567 g/mol. The van der Waals surface area contributed by atoms with Crippen LogP contribution < -0.4 is 30.3 Å². The number of nitrogens with one attached hydrogen (secondary N) is 3. The van der Waals surface area contributed by atoms with Crippen molar-refractivity contribution in [3.8, 4) is 11.5 Å². The summed E-state index contributed by atoms with van der Waals surface area (Å²) >= 11 is 0. The van der Waals surface area contributed by atoms with Gasteiger partial charge in [-0.1, -0.05) is 30.3 Å². The smallest absolute Gasteiger partial charge is 0.239 e. The quantitative estimate of drug-likeness (QED) is 0.245. The number of ether oxygens (including phenoxy) is 2. The van der Waals surface area contributed by atoms with Crippen LogP contribution in [-0.4, -0.2) is 65.4 Å². The predicted molar refractivity (Wildman–Crippen MR) is 143 cm³/mol. The zero-order chi connectivity index (χ0) is 22.8. The van der Waals surface area contributed by atoms with Crippen molar-refractivity contribution in [3.05, 3.63) is 54.1 Å². The van der Waals surface area contributed by atoms with Crippen LogP contribution in [0.5, 0.6) is 11.5 Å². The van der Waals surface area contributed by atoms with Crippen LogP contribution in [0, 0.1) is 0 Å². The topological polar surface area (TPSA) is 87.2 Å². The van der Waals surface area contributed by atoms with E-state index >= 15 is 0 Å². The lowest BCUT2D eigenvalue weighted by molar-refractivity contribution is -0.119. The summed E-state index contributed by atoms with van der Waals surface area (Å²) in [4.78, 5) is 18.7. The Morgan fingerprint density at radius 3 is 2.42 bits per heavy atom. The van der Waals surface area contributed by atoms with Crippen molar-refractivity contribution in [3.63, 3.8) is 0 Å². The van der Waals surface area contributed by atoms with E-state index in [1.54, 1.807) is 21.3 Å².